The number of imidazole rings is 1. The number of fused-ring (bicyclic) bond motifs is 1. The predicted octanol–water partition coefficient (Wildman–Crippen LogP) is 4.03. The molecule has 1 unspecified atom stereocenters. The summed E-state index contributed by atoms with van der Waals surface area (Å²) in [6.07, 6.45) is 1.66. The van der Waals surface area contributed by atoms with Crippen LogP contribution in [0.3, 0.4) is 0 Å². The summed E-state index contributed by atoms with van der Waals surface area (Å²) in [6.45, 7) is 2.84. The fraction of sp³-hybridized carbons (Fsp3) is 0.333. The van der Waals surface area contributed by atoms with Crippen LogP contribution in [-0.4, -0.2) is 38.6 Å². The van der Waals surface area contributed by atoms with Gasteiger partial charge in [0.05, 0.1) is 23.5 Å². The lowest BCUT2D eigenvalue weighted by atomic mass is 9.98. The summed E-state index contributed by atoms with van der Waals surface area (Å²) in [6, 6.07) is 16.1. The van der Waals surface area contributed by atoms with Gasteiger partial charge < -0.3 is 9.67 Å². The number of carboxylic acid groups (broad SMARTS) is 1. The van der Waals surface area contributed by atoms with Gasteiger partial charge in [0, 0.05) is 18.1 Å². The van der Waals surface area contributed by atoms with Crippen LogP contribution in [0.4, 0.5) is 0 Å². The zero-order valence-corrected chi connectivity index (χ0v) is 15.8. The molecule has 27 heavy (non-hydrogen) atoms. The van der Waals surface area contributed by atoms with Crippen LogP contribution in [0.15, 0.2) is 48.5 Å². The van der Waals surface area contributed by atoms with Crippen molar-refractivity contribution in [3.63, 3.8) is 0 Å². The Morgan fingerprint density at radius 3 is 2.78 bits per heavy atom. The summed E-state index contributed by atoms with van der Waals surface area (Å²) in [4.78, 5) is 18.4. The zero-order chi connectivity index (χ0) is 18.8. The number of rotatable bonds is 5. The van der Waals surface area contributed by atoms with E-state index in [0.717, 1.165) is 42.8 Å². The minimum atomic E-state index is -0.704. The monoisotopic (exact) mass is 383 g/mol. The van der Waals surface area contributed by atoms with E-state index in [9.17, 15) is 9.90 Å². The highest BCUT2D eigenvalue weighted by molar-refractivity contribution is 6.31. The average molecular weight is 384 g/mol. The number of aromatic nitrogens is 2. The highest BCUT2D eigenvalue weighted by Gasteiger charge is 2.26. The summed E-state index contributed by atoms with van der Waals surface area (Å²) in [5.74, 6) is -0.0495. The van der Waals surface area contributed by atoms with E-state index in [2.05, 4.69) is 21.6 Å². The number of benzene rings is 2. The van der Waals surface area contributed by atoms with Crippen molar-refractivity contribution in [2.75, 3.05) is 13.1 Å². The Kier molecular flexibility index (Phi) is 5.14. The number of hydrogen-bond acceptors (Lipinski definition) is 3. The molecule has 2 aromatic carbocycles. The van der Waals surface area contributed by atoms with Crippen LogP contribution < -0.4 is 0 Å². The fourth-order valence-electron chi connectivity index (χ4n) is 3.82. The van der Waals surface area contributed by atoms with Gasteiger partial charge in [-0.2, -0.15) is 0 Å². The van der Waals surface area contributed by atoms with Crippen LogP contribution in [-0.2, 0) is 17.9 Å². The van der Waals surface area contributed by atoms with Crippen LogP contribution in [0.5, 0.6) is 0 Å². The Morgan fingerprint density at radius 2 is 2.00 bits per heavy atom. The van der Waals surface area contributed by atoms with E-state index < -0.39 is 5.97 Å². The quantitative estimate of drug-likeness (QED) is 0.722. The second kappa shape index (κ2) is 7.71. The number of nitrogens with zero attached hydrogens (tertiary/aromatic N) is 3. The molecule has 0 saturated carbocycles. The molecule has 1 N–H and O–H groups in total. The summed E-state index contributed by atoms with van der Waals surface area (Å²) in [5, 5.41) is 10.0. The Hall–Kier alpha value is -2.37. The van der Waals surface area contributed by atoms with E-state index in [1.165, 1.54) is 5.56 Å². The third-order valence-corrected chi connectivity index (χ3v) is 5.43. The molecule has 4 rings (SSSR count). The van der Waals surface area contributed by atoms with Crippen LogP contribution in [0.2, 0.25) is 5.02 Å². The van der Waals surface area contributed by atoms with Gasteiger partial charge in [0.1, 0.15) is 5.82 Å². The topological polar surface area (TPSA) is 58.4 Å². The van der Waals surface area contributed by atoms with Crippen molar-refractivity contribution in [3.8, 4) is 0 Å². The number of aliphatic carboxylic acids is 1. The average Bonchev–Trinajstić information content (AvgIpc) is 2.99. The highest BCUT2D eigenvalue weighted by atomic mass is 35.5. The fourth-order valence-corrected chi connectivity index (χ4v) is 3.98. The van der Waals surface area contributed by atoms with Gasteiger partial charge in [-0.25, -0.2) is 4.98 Å². The van der Waals surface area contributed by atoms with Gasteiger partial charge in [-0.05, 0) is 43.1 Å². The molecule has 2 heterocycles. The standard InChI is InChI=1S/C21H22ClN3O2/c22-17-8-9-19-18(11-17)23-20(25(19)12-15-5-2-1-3-6-15)14-24-10-4-7-16(13-24)21(26)27/h1-3,5-6,8-9,11,16H,4,7,10,12-14H2,(H,26,27). The van der Waals surface area contributed by atoms with Crippen molar-refractivity contribution in [1.82, 2.24) is 14.5 Å². The third-order valence-electron chi connectivity index (χ3n) is 5.19. The molecule has 0 spiro atoms. The number of piperidine rings is 1. The van der Waals surface area contributed by atoms with Crippen molar-refractivity contribution in [3.05, 3.63) is 64.9 Å². The zero-order valence-electron chi connectivity index (χ0n) is 15.0. The van der Waals surface area contributed by atoms with Crippen LogP contribution in [0, 0.1) is 5.92 Å². The summed E-state index contributed by atoms with van der Waals surface area (Å²) in [7, 11) is 0. The van der Waals surface area contributed by atoms with E-state index in [-0.39, 0.29) is 5.92 Å². The maximum Gasteiger partial charge on any atom is 0.307 e. The van der Waals surface area contributed by atoms with E-state index >= 15 is 0 Å². The van der Waals surface area contributed by atoms with Gasteiger partial charge in [0.15, 0.2) is 0 Å². The lowest BCUT2D eigenvalue weighted by molar-refractivity contribution is -0.143. The first-order valence-corrected chi connectivity index (χ1v) is 9.62. The van der Waals surface area contributed by atoms with Crippen LogP contribution >= 0.6 is 11.6 Å². The van der Waals surface area contributed by atoms with Crippen LogP contribution in [0.25, 0.3) is 11.0 Å². The summed E-state index contributed by atoms with van der Waals surface area (Å²) < 4.78 is 2.21. The van der Waals surface area contributed by atoms with Gasteiger partial charge in [-0.1, -0.05) is 41.9 Å². The first kappa shape index (κ1) is 18.0. The summed E-state index contributed by atoms with van der Waals surface area (Å²) >= 11 is 6.16. The minimum absolute atomic E-state index is 0.292. The molecule has 0 amide bonds. The third kappa shape index (κ3) is 3.99. The number of carbonyl (C=O) groups is 1. The van der Waals surface area contributed by atoms with Crippen molar-refractivity contribution in [2.24, 2.45) is 5.92 Å². The molecule has 1 fully saturated rings. The molecule has 140 valence electrons. The second-order valence-electron chi connectivity index (χ2n) is 7.15. The van der Waals surface area contributed by atoms with E-state index in [4.69, 9.17) is 16.6 Å². The predicted molar refractivity (Wildman–Crippen MR) is 106 cm³/mol. The second-order valence-corrected chi connectivity index (χ2v) is 7.58. The van der Waals surface area contributed by atoms with E-state index in [1.807, 2.05) is 36.4 Å². The summed E-state index contributed by atoms with van der Waals surface area (Å²) in [5.41, 5.74) is 3.13. The lowest BCUT2D eigenvalue weighted by Gasteiger charge is -2.30. The van der Waals surface area contributed by atoms with E-state index in [0.29, 0.717) is 18.1 Å². The Labute approximate surface area is 163 Å². The Morgan fingerprint density at radius 1 is 1.19 bits per heavy atom. The Balaban J connectivity index is 1.66. The van der Waals surface area contributed by atoms with Crippen LogP contribution in [0.1, 0.15) is 24.2 Å². The molecule has 0 radical (unpaired) electrons. The largest absolute Gasteiger partial charge is 0.481 e. The van der Waals surface area contributed by atoms with Gasteiger partial charge in [-0.15, -0.1) is 0 Å². The first-order valence-electron chi connectivity index (χ1n) is 9.24. The van der Waals surface area contributed by atoms with Gasteiger partial charge in [-0.3, -0.25) is 9.69 Å². The molecule has 1 aliphatic rings. The molecule has 0 aliphatic carbocycles. The molecule has 1 atom stereocenters. The van der Waals surface area contributed by atoms with Crippen molar-refractivity contribution in [2.45, 2.75) is 25.9 Å². The Bertz CT molecular complexity index is 955. The van der Waals surface area contributed by atoms with Gasteiger partial charge in [0.25, 0.3) is 0 Å². The molecule has 1 aliphatic heterocycles. The molecular formula is C21H22ClN3O2. The minimum Gasteiger partial charge on any atom is -0.481 e. The maximum absolute atomic E-state index is 11.4. The molecule has 1 aromatic heterocycles. The van der Waals surface area contributed by atoms with Crippen molar-refractivity contribution in [1.29, 1.82) is 0 Å². The molecule has 6 heteroatoms. The number of likely N-dealkylation sites (tertiary alicyclic amines) is 1. The number of hydrogen-bond donors (Lipinski definition) is 1. The van der Waals surface area contributed by atoms with E-state index in [1.54, 1.807) is 0 Å². The lowest BCUT2D eigenvalue weighted by Crippen LogP contribution is -2.38. The first-order chi connectivity index (χ1) is 13.1. The molecule has 5 nitrogen and oxygen atoms in total. The molecule has 1 saturated heterocycles. The highest BCUT2D eigenvalue weighted by Crippen LogP contribution is 2.24. The maximum atomic E-state index is 11.4. The van der Waals surface area contributed by atoms with Crippen molar-refractivity contribution >= 4 is 28.6 Å². The van der Waals surface area contributed by atoms with Gasteiger partial charge >= 0.3 is 5.97 Å². The van der Waals surface area contributed by atoms with Crippen molar-refractivity contribution < 1.29 is 9.90 Å². The smallest absolute Gasteiger partial charge is 0.307 e. The number of carboxylic acids is 1. The molecular weight excluding hydrogens is 362 g/mol. The van der Waals surface area contributed by atoms with Gasteiger partial charge in [0.2, 0.25) is 0 Å². The SMILES string of the molecule is O=C(O)C1CCCN(Cc2nc3cc(Cl)ccc3n2Cc2ccccc2)C1. The normalized spacial score (nSPS) is 18.0. The number of halogens is 1. The molecule has 3 aromatic rings. The molecule has 0 bridgehead atoms.